The van der Waals surface area contributed by atoms with Gasteiger partial charge in [0, 0.05) is 38.7 Å². The van der Waals surface area contributed by atoms with Gasteiger partial charge in [-0.25, -0.2) is 9.97 Å². The van der Waals surface area contributed by atoms with Crippen molar-refractivity contribution in [2.24, 2.45) is 0 Å². The highest BCUT2D eigenvalue weighted by molar-refractivity contribution is 6.05. The minimum absolute atomic E-state index is 0.0182. The predicted molar refractivity (Wildman–Crippen MR) is 111 cm³/mol. The Hall–Kier alpha value is -2.91. The van der Waals surface area contributed by atoms with Gasteiger partial charge < -0.3 is 14.8 Å². The van der Waals surface area contributed by atoms with E-state index >= 15 is 0 Å². The molecule has 0 unspecified atom stereocenters. The first kappa shape index (κ1) is 22.8. The molecule has 1 amide bonds. The molecule has 0 aliphatic carbocycles. The molecule has 3 heterocycles. The van der Waals surface area contributed by atoms with E-state index in [2.05, 4.69) is 21.5 Å². The van der Waals surface area contributed by atoms with Gasteiger partial charge in [-0.3, -0.25) is 9.59 Å². The monoisotopic (exact) mass is 437 g/mol. The molecular weight excluding hydrogens is 411 g/mol. The van der Waals surface area contributed by atoms with E-state index in [-0.39, 0.29) is 31.0 Å². The van der Waals surface area contributed by atoms with Crippen molar-refractivity contribution in [1.82, 2.24) is 19.9 Å². The van der Waals surface area contributed by atoms with Crippen molar-refractivity contribution in [3.8, 4) is 0 Å². The second-order valence-electron chi connectivity index (χ2n) is 8.30. The molecule has 0 radical (unpaired) electrons. The van der Waals surface area contributed by atoms with Gasteiger partial charge in [-0.15, -0.1) is 0 Å². The van der Waals surface area contributed by atoms with Gasteiger partial charge in [-0.2, -0.15) is 13.2 Å². The highest BCUT2D eigenvalue weighted by atomic mass is 19.4. The number of aromatic amines is 1. The zero-order valence-electron chi connectivity index (χ0n) is 17.6. The summed E-state index contributed by atoms with van der Waals surface area (Å²) in [7, 11) is 0. The maximum absolute atomic E-state index is 12.5. The summed E-state index contributed by atoms with van der Waals surface area (Å²) >= 11 is 0. The number of nitrogens with one attached hydrogen (secondary N) is 1. The van der Waals surface area contributed by atoms with Gasteiger partial charge in [0.25, 0.3) is 0 Å². The summed E-state index contributed by atoms with van der Waals surface area (Å²) in [5.74, 6) is 0.189. The molecule has 168 valence electrons. The SMILES string of the molecule is C=CC(=O)N1CCN(c2cnc3[nH]cc(C(=O)CCCCC(F)(F)F)c3n2)CC1(C)C. The Morgan fingerprint density at radius 3 is 2.68 bits per heavy atom. The predicted octanol–water partition coefficient (Wildman–Crippen LogP) is 3.88. The Bertz CT molecular complexity index is 983. The molecule has 2 aromatic rings. The first-order chi connectivity index (χ1) is 14.5. The molecule has 1 N–H and O–H groups in total. The number of hydrogen-bond donors (Lipinski definition) is 1. The zero-order valence-corrected chi connectivity index (χ0v) is 17.6. The number of unbranched alkanes of at least 4 members (excludes halogenated alkanes) is 1. The van der Waals surface area contributed by atoms with E-state index in [1.807, 2.05) is 18.7 Å². The maximum atomic E-state index is 12.5. The molecule has 3 rings (SSSR count). The zero-order chi connectivity index (χ0) is 22.8. The number of amides is 1. The second-order valence-corrected chi connectivity index (χ2v) is 8.30. The van der Waals surface area contributed by atoms with E-state index in [1.165, 1.54) is 12.3 Å². The average Bonchev–Trinajstić information content (AvgIpc) is 3.12. The summed E-state index contributed by atoms with van der Waals surface area (Å²) in [4.78, 5) is 40.3. The third-order valence-electron chi connectivity index (χ3n) is 5.45. The standard InChI is InChI=1S/C21H26F3N5O2/c1-4-17(31)29-10-9-28(13-20(29,2)3)16-12-26-19-18(27-16)14(11-25-19)15(30)7-5-6-8-21(22,23)24/h4,11-12H,1,5-10,13H2,2-3H3,(H,25,26). The fraction of sp³-hybridized carbons (Fsp3) is 0.524. The van der Waals surface area contributed by atoms with E-state index in [4.69, 9.17) is 0 Å². The second kappa shape index (κ2) is 8.68. The van der Waals surface area contributed by atoms with Crippen LogP contribution in [0.4, 0.5) is 19.0 Å². The average molecular weight is 437 g/mol. The number of fused-ring (bicyclic) bond motifs is 1. The third kappa shape index (κ3) is 5.23. The van der Waals surface area contributed by atoms with E-state index < -0.39 is 18.1 Å². The quantitative estimate of drug-likeness (QED) is 0.404. The largest absolute Gasteiger partial charge is 0.389 e. The van der Waals surface area contributed by atoms with E-state index in [9.17, 15) is 22.8 Å². The van der Waals surface area contributed by atoms with Crippen LogP contribution in [0.15, 0.2) is 25.0 Å². The van der Waals surface area contributed by atoms with Crippen LogP contribution in [0.2, 0.25) is 0 Å². The van der Waals surface area contributed by atoms with Gasteiger partial charge in [0.1, 0.15) is 11.3 Å². The summed E-state index contributed by atoms with van der Waals surface area (Å²) in [5.41, 5.74) is 0.731. The van der Waals surface area contributed by atoms with Crippen molar-refractivity contribution in [2.75, 3.05) is 24.5 Å². The lowest BCUT2D eigenvalue weighted by molar-refractivity contribution is -0.135. The minimum atomic E-state index is -4.21. The van der Waals surface area contributed by atoms with Crippen molar-refractivity contribution >= 4 is 28.7 Å². The number of ketones is 1. The minimum Gasteiger partial charge on any atom is -0.351 e. The summed E-state index contributed by atoms with van der Waals surface area (Å²) in [5, 5.41) is 0. The van der Waals surface area contributed by atoms with E-state index in [1.54, 1.807) is 11.1 Å². The number of carbonyl (C=O) groups excluding carboxylic acids is 2. The van der Waals surface area contributed by atoms with E-state index in [0.29, 0.717) is 42.2 Å². The van der Waals surface area contributed by atoms with Crippen LogP contribution in [0.3, 0.4) is 0 Å². The molecule has 1 fully saturated rings. The fourth-order valence-corrected chi connectivity index (χ4v) is 3.86. The van der Waals surface area contributed by atoms with Crippen LogP contribution in [0.1, 0.15) is 49.9 Å². The maximum Gasteiger partial charge on any atom is 0.389 e. The molecule has 0 aromatic carbocycles. The number of aromatic nitrogens is 3. The highest BCUT2D eigenvalue weighted by Gasteiger charge is 2.36. The van der Waals surface area contributed by atoms with Crippen molar-refractivity contribution in [1.29, 1.82) is 0 Å². The molecule has 10 heteroatoms. The molecular formula is C21H26F3N5O2. The molecule has 0 atom stereocenters. The first-order valence-electron chi connectivity index (χ1n) is 10.1. The van der Waals surface area contributed by atoms with Crippen LogP contribution in [-0.2, 0) is 4.79 Å². The van der Waals surface area contributed by atoms with Crippen LogP contribution in [0.25, 0.3) is 11.2 Å². The van der Waals surface area contributed by atoms with Gasteiger partial charge in [0.2, 0.25) is 5.91 Å². The van der Waals surface area contributed by atoms with Crippen LogP contribution < -0.4 is 4.90 Å². The van der Waals surface area contributed by atoms with Crippen LogP contribution in [-0.4, -0.2) is 62.9 Å². The van der Waals surface area contributed by atoms with Crippen LogP contribution >= 0.6 is 0 Å². The first-order valence-corrected chi connectivity index (χ1v) is 10.1. The van der Waals surface area contributed by atoms with Gasteiger partial charge in [-0.1, -0.05) is 6.58 Å². The summed E-state index contributed by atoms with van der Waals surface area (Å²) in [6, 6.07) is 0. The van der Waals surface area contributed by atoms with Crippen molar-refractivity contribution in [3.05, 3.63) is 30.6 Å². The molecule has 0 spiro atoms. The smallest absolute Gasteiger partial charge is 0.351 e. The van der Waals surface area contributed by atoms with Gasteiger partial charge >= 0.3 is 6.18 Å². The number of piperazine rings is 1. The Kier molecular flexibility index (Phi) is 6.38. The van der Waals surface area contributed by atoms with Gasteiger partial charge in [0.05, 0.1) is 17.3 Å². The number of Topliss-reactive ketones (excluding diaryl/α,β-unsaturated/α-hetero) is 1. The molecule has 0 saturated carbocycles. The number of alkyl halides is 3. The summed E-state index contributed by atoms with van der Waals surface area (Å²) in [6.07, 6.45) is -0.599. The van der Waals surface area contributed by atoms with Crippen molar-refractivity contribution in [2.45, 2.75) is 51.2 Å². The Morgan fingerprint density at radius 2 is 2.03 bits per heavy atom. The van der Waals surface area contributed by atoms with Crippen molar-refractivity contribution < 1.29 is 22.8 Å². The van der Waals surface area contributed by atoms with Crippen molar-refractivity contribution in [3.63, 3.8) is 0 Å². The molecule has 1 aliphatic heterocycles. The summed E-state index contributed by atoms with van der Waals surface area (Å²) < 4.78 is 36.9. The number of nitrogens with zero attached hydrogens (tertiary/aromatic N) is 4. The Balaban J connectivity index is 1.74. The van der Waals surface area contributed by atoms with Crippen LogP contribution in [0, 0.1) is 0 Å². The lowest BCUT2D eigenvalue weighted by Gasteiger charge is -2.47. The summed E-state index contributed by atoms with van der Waals surface area (Å²) in [6.45, 7) is 9.04. The number of halogens is 3. The van der Waals surface area contributed by atoms with Gasteiger partial charge in [0.15, 0.2) is 11.4 Å². The lowest BCUT2D eigenvalue weighted by atomic mass is 9.98. The number of rotatable bonds is 7. The molecule has 0 bridgehead atoms. The normalized spacial score (nSPS) is 16.5. The Morgan fingerprint density at radius 1 is 1.29 bits per heavy atom. The molecule has 2 aromatic heterocycles. The van der Waals surface area contributed by atoms with Crippen LogP contribution in [0.5, 0.6) is 0 Å². The molecule has 31 heavy (non-hydrogen) atoms. The number of carbonyl (C=O) groups is 2. The fourth-order valence-electron chi connectivity index (χ4n) is 3.86. The lowest BCUT2D eigenvalue weighted by Crippen LogP contribution is -2.61. The number of anilines is 1. The molecule has 1 saturated heterocycles. The molecule has 1 aliphatic rings. The highest BCUT2D eigenvalue weighted by Crippen LogP contribution is 2.27. The van der Waals surface area contributed by atoms with Gasteiger partial charge in [-0.05, 0) is 32.8 Å². The number of hydrogen-bond acceptors (Lipinski definition) is 5. The molecule has 7 nitrogen and oxygen atoms in total. The number of H-pyrrole nitrogens is 1. The topological polar surface area (TPSA) is 82.2 Å². The third-order valence-corrected chi connectivity index (χ3v) is 5.45. The van der Waals surface area contributed by atoms with E-state index in [0.717, 1.165) is 0 Å². The Labute approximate surface area is 178 Å².